The number of rotatable bonds is 3. The molecule has 0 amide bonds. The summed E-state index contributed by atoms with van der Waals surface area (Å²) in [4.78, 5) is 8.12. The molecule has 1 aliphatic heterocycles. The first-order valence-corrected chi connectivity index (χ1v) is 7.38. The minimum Gasteiger partial charge on any atom is -0.255 e. The third-order valence-corrected chi connectivity index (χ3v) is 5.20. The quantitative estimate of drug-likeness (QED) is 0.835. The largest absolute Gasteiger partial charge is 0.282 e. The lowest BCUT2D eigenvalue weighted by molar-refractivity contribution is 0.357. The van der Waals surface area contributed by atoms with Crippen LogP contribution in [0.4, 0.5) is 0 Å². The van der Waals surface area contributed by atoms with Crippen LogP contribution in [-0.4, -0.2) is 47.6 Å². The van der Waals surface area contributed by atoms with Crippen molar-refractivity contribution in [2.75, 3.05) is 20.6 Å². The molecular weight excluding hydrogens is 276 g/mol. The Morgan fingerprint density at radius 3 is 2.67 bits per heavy atom. The third-order valence-electron chi connectivity index (χ3n) is 2.96. The fourth-order valence-corrected chi connectivity index (χ4v) is 3.59. The molecule has 1 aromatic rings. The summed E-state index contributed by atoms with van der Waals surface area (Å²) in [6.07, 6.45) is 4.53. The second-order valence-electron chi connectivity index (χ2n) is 4.29. The van der Waals surface area contributed by atoms with Crippen molar-refractivity contribution < 1.29 is 8.42 Å². The smallest absolute Gasteiger partial charge is 0.255 e. The molecule has 0 N–H and O–H groups in total. The highest BCUT2D eigenvalue weighted by Crippen LogP contribution is 2.35. The molecule has 18 heavy (non-hydrogen) atoms. The van der Waals surface area contributed by atoms with Gasteiger partial charge < -0.3 is 0 Å². The highest BCUT2D eigenvalue weighted by atomic mass is 35.5. The molecule has 1 atom stereocenters. The maximum Gasteiger partial charge on any atom is 0.282 e. The molecule has 2 heterocycles. The monoisotopic (exact) mass is 290 g/mol. The summed E-state index contributed by atoms with van der Waals surface area (Å²) in [6, 6.07) is -0.321. The molecule has 0 unspecified atom stereocenters. The Hall–Kier alpha value is -0.760. The second-order valence-corrected chi connectivity index (χ2v) is 6.74. The Morgan fingerprint density at radius 2 is 2.06 bits per heavy atom. The maximum atomic E-state index is 12.2. The lowest BCUT2D eigenvalue weighted by atomic mass is 10.2. The van der Waals surface area contributed by atoms with Gasteiger partial charge in [-0.15, -0.1) is 0 Å². The minimum atomic E-state index is -3.45. The molecule has 1 aliphatic rings. The molecule has 1 saturated heterocycles. The molecule has 2 rings (SSSR count). The van der Waals surface area contributed by atoms with Crippen molar-refractivity contribution in [1.82, 2.24) is 18.6 Å². The van der Waals surface area contributed by atoms with E-state index >= 15 is 0 Å². The van der Waals surface area contributed by atoms with Crippen molar-refractivity contribution in [2.24, 2.45) is 0 Å². The van der Waals surface area contributed by atoms with Gasteiger partial charge in [0.25, 0.3) is 10.2 Å². The van der Waals surface area contributed by atoms with Gasteiger partial charge in [-0.2, -0.15) is 17.0 Å². The number of halogens is 1. The van der Waals surface area contributed by atoms with E-state index in [4.69, 9.17) is 11.6 Å². The van der Waals surface area contributed by atoms with Gasteiger partial charge in [0.05, 0.1) is 11.7 Å². The van der Waals surface area contributed by atoms with Gasteiger partial charge >= 0.3 is 0 Å². The van der Waals surface area contributed by atoms with Crippen LogP contribution >= 0.6 is 11.6 Å². The van der Waals surface area contributed by atoms with Crippen molar-refractivity contribution in [1.29, 1.82) is 0 Å². The Morgan fingerprint density at radius 1 is 1.39 bits per heavy atom. The van der Waals surface area contributed by atoms with E-state index in [1.165, 1.54) is 35.1 Å². The summed E-state index contributed by atoms with van der Waals surface area (Å²) in [5.74, 6) is 0. The van der Waals surface area contributed by atoms with Crippen LogP contribution in [0.2, 0.25) is 5.15 Å². The molecular formula is C10H15ClN4O2S. The standard InChI is InChI=1S/C10H15ClN4O2S/c1-14(2)18(16,17)15-7-3-4-8(15)9-10(11)13-6-5-12-9/h5-6,8H,3-4,7H2,1-2H3/t8-/m1/s1. The lowest BCUT2D eigenvalue weighted by Crippen LogP contribution is -2.39. The van der Waals surface area contributed by atoms with Gasteiger partial charge in [-0.05, 0) is 12.8 Å². The van der Waals surface area contributed by atoms with Gasteiger partial charge in [0, 0.05) is 33.0 Å². The molecule has 100 valence electrons. The number of hydrogen-bond acceptors (Lipinski definition) is 4. The van der Waals surface area contributed by atoms with Gasteiger partial charge in [0.15, 0.2) is 5.15 Å². The predicted molar refractivity (Wildman–Crippen MR) is 68.3 cm³/mol. The molecule has 1 fully saturated rings. The van der Waals surface area contributed by atoms with Gasteiger partial charge in [-0.25, -0.2) is 4.98 Å². The van der Waals surface area contributed by atoms with Crippen molar-refractivity contribution in [3.8, 4) is 0 Å². The first-order chi connectivity index (χ1) is 8.44. The molecule has 0 aromatic carbocycles. The topological polar surface area (TPSA) is 66.4 Å². The van der Waals surface area contributed by atoms with Crippen LogP contribution in [0.3, 0.4) is 0 Å². The summed E-state index contributed by atoms with van der Waals surface area (Å²) in [6.45, 7) is 0.484. The molecule has 8 heteroatoms. The minimum absolute atomic E-state index is 0.267. The highest BCUT2D eigenvalue weighted by molar-refractivity contribution is 7.86. The van der Waals surface area contributed by atoms with E-state index in [0.29, 0.717) is 18.7 Å². The summed E-state index contributed by atoms with van der Waals surface area (Å²) in [5, 5.41) is 0.267. The van der Waals surface area contributed by atoms with E-state index in [9.17, 15) is 8.42 Å². The van der Waals surface area contributed by atoms with Gasteiger partial charge in [0.1, 0.15) is 0 Å². The van der Waals surface area contributed by atoms with Crippen LogP contribution in [0, 0.1) is 0 Å². The Labute approximate surface area is 112 Å². The van der Waals surface area contributed by atoms with Crippen molar-refractivity contribution in [3.05, 3.63) is 23.2 Å². The zero-order chi connectivity index (χ0) is 13.3. The average Bonchev–Trinajstić information content (AvgIpc) is 2.78. The summed E-state index contributed by atoms with van der Waals surface area (Å²) >= 11 is 5.99. The maximum absolute atomic E-state index is 12.2. The van der Waals surface area contributed by atoms with Crippen LogP contribution in [0.5, 0.6) is 0 Å². The van der Waals surface area contributed by atoms with Crippen LogP contribution in [0.15, 0.2) is 12.4 Å². The number of aromatic nitrogens is 2. The van der Waals surface area contributed by atoms with Crippen LogP contribution in [0.25, 0.3) is 0 Å². The van der Waals surface area contributed by atoms with Gasteiger partial charge in [0.2, 0.25) is 0 Å². The second kappa shape index (κ2) is 5.08. The van der Waals surface area contributed by atoms with Gasteiger partial charge in [-0.1, -0.05) is 11.6 Å². The Kier molecular flexibility index (Phi) is 3.86. The van der Waals surface area contributed by atoms with E-state index in [0.717, 1.165) is 6.42 Å². The third kappa shape index (κ3) is 2.35. The Balaban J connectivity index is 2.38. The fraction of sp³-hybridized carbons (Fsp3) is 0.600. The van der Waals surface area contributed by atoms with E-state index in [-0.39, 0.29) is 11.2 Å². The first kappa shape index (κ1) is 13.7. The number of hydrogen-bond donors (Lipinski definition) is 0. The normalized spacial score (nSPS) is 21.7. The zero-order valence-corrected chi connectivity index (χ0v) is 11.8. The van der Waals surface area contributed by atoms with Gasteiger partial charge in [-0.3, -0.25) is 4.98 Å². The van der Waals surface area contributed by atoms with E-state index in [1.54, 1.807) is 0 Å². The van der Waals surface area contributed by atoms with Crippen LogP contribution in [-0.2, 0) is 10.2 Å². The summed E-state index contributed by atoms with van der Waals surface area (Å²) < 4.78 is 27.0. The lowest BCUT2D eigenvalue weighted by Gasteiger charge is -2.26. The zero-order valence-electron chi connectivity index (χ0n) is 10.2. The van der Waals surface area contributed by atoms with Crippen molar-refractivity contribution in [2.45, 2.75) is 18.9 Å². The molecule has 0 bridgehead atoms. The van der Waals surface area contributed by atoms with E-state index < -0.39 is 10.2 Å². The summed E-state index contributed by atoms with van der Waals surface area (Å²) in [5.41, 5.74) is 0.530. The molecule has 0 spiro atoms. The molecule has 1 aromatic heterocycles. The average molecular weight is 291 g/mol. The number of nitrogens with zero attached hydrogens (tertiary/aromatic N) is 4. The van der Waals surface area contributed by atoms with Crippen LogP contribution < -0.4 is 0 Å². The molecule has 0 aliphatic carbocycles. The summed E-state index contributed by atoms with van der Waals surface area (Å²) in [7, 11) is -0.417. The van der Waals surface area contributed by atoms with E-state index in [1.807, 2.05) is 0 Å². The molecule has 0 saturated carbocycles. The molecule has 0 radical (unpaired) electrons. The van der Waals surface area contributed by atoms with Crippen molar-refractivity contribution >= 4 is 21.8 Å². The first-order valence-electron chi connectivity index (χ1n) is 5.60. The van der Waals surface area contributed by atoms with Crippen LogP contribution in [0.1, 0.15) is 24.6 Å². The fourth-order valence-electron chi connectivity index (χ4n) is 2.05. The molecule has 6 nitrogen and oxygen atoms in total. The SMILES string of the molecule is CN(C)S(=O)(=O)N1CCC[C@@H]1c1nccnc1Cl. The Bertz CT molecular complexity index is 534. The highest BCUT2D eigenvalue weighted by Gasteiger charge is 2.38. The van der Waals surface area contributed by atoms with Crippen molar-refractivity contribution in [3.63, 3.8) is 0 Å². The van der Waals surface area contributed by atoms with E-state index in [2.05, 4.69) is 9.97 Å². The predicted octanol–water partition coefficient (Wildman–Crippen LogP) is 1.07.